The van der Waals surface area contributed by atoms with Crippen LogP contribution in [0.2, 0.25) is 0 Å². The first kappa shape index (κ1) is 13.1. The third-order valence-corrected chi connectivity index (χ3v) is 2.70. The van der Waals surface area contributed by atoms with Gasteiger partial charge in [0.25, 0.3) is 0 Å². The van der Waals surface area contributed by atoms with Crippen molar-refractivity contribution in [1.82, 2.24) is 4.98 Å². The molecule has 0 unspecified atom stereocenters. The highest BCUT2D eigenvalue weighted by molar-refractivity contribution is 5.46. The molecule has 4 nitrogen and oxygen atoms in total. The van der Waals surface area contributed by atoms with E-state index >= 15 is 0 Å². The topological polar surface area (TPSA) is 43.4 Å². The summed E-state index contributed by atoms with van der Waals surface area (Å²) >= 11 is 0. The third-order valence-electron chi connectivity index (χ3n) is 2.70. The number of aromatic nitrogens is 1. The second-order valence-electron chi connectivity index (χ2n) is 3.90. The number of pyridine rings is 1. The van der Waals surface area contributed by atoms with Crippen molar-refractivity contribution < 1.29 is 13.9 Å². The van der Waals surface area contributed by atoms with E-state index in [2.05, 4.69) is 10.3 Å². The minimum absolute atomic E-state index is 0.508. The van der Waals surface area contributed by atoms with Crippen LogP contribution in [0.5, 0.6) is 11.5 Å². The summed E-state index contributed by atoms with van der Waals surface area (Å²) in [7, 11) is 3.21. The first-order valence-corrected chi connectivity index (χ1v) is 5.79. The minimum Gasteiger partial charge on any atom is -0.497 e. The molecule has 1 N–H and O–H groups in total. The molecule has 0 fully saturated rings. The molecule has 0 aliphatic heterocycles. The molecule has 1 aromatic heterocycles. The van der Waals surface area contributed by atoms with Gasteiger partial charge in [-0.1, -0.05) is 0 Å². The second-order valence-corrected chi connectivity index (χ2v) is 3.90. The molecular weight excluding hydrogens is 247 g/mol. The Kier molecular flexibility index (Phi) is 4.18. The number of hydrogen-bond acceptors (Lipinski definition) is 4. The summed E-state index contributed by atoms with van der Waals surface area (Å²) in [5, 5.41) is 3.11. The Balaban J connectivity index is 2.11. The lowest BCUT2D eigenvalue weighted by Gasteiger charge is -2.12. The Hall–Kier alpha value is -2.30. The first-order valence-electron chi connectivity index (χ1n) is 5.79. The Bertz CT molecular complexity index is 561. The van der Waals surface area contributed by atoms with E-state index in [1.54, 1.807) is 20.3 Å². The molecule has 0 spiro atoms. The van der Waals surface area contributed by atoms with Gasteiger partial charge in [0.1, 0.15) is 11.5 Å². The van der Waals surface area contributed by atoms with Gasteiger partial charge < -0.3 is 14.8 Å². The highest BCUT2D eigenvalue weighted by atomic mass is 19.1. The lowest BCUT2D eigenvalue weighted by atomic mass is 10.2. The smallest absolute Gasteiger partial charge is 0.214 e. The van der Waals surface area contributed by atoms with Crippen molar-refractivity contribution >= 4 is 5.69 Å². The van der Waals surface area contributed by atoms with Gasteiger partial charge in [0.2, 0.25) is 5.95 Å². The van der Waals surface area contributed by atoms with Crippen LogP contribution >= 0.6 is 0 Å². The van der Waals surface area contributed by atoms with E-state index < -0.39 is 5.95 Å². The van der Waals surface area contributed by atoms with Crippen LogP contribution in [-0.4, -0.2) is 19.2 Å². The van der Waals surface area contributed by atoms with E-state index in [1.165, 1.54) is 12.3 Å². The van der Waals surface area contributed by atoms with E-state index in [4.69, 9.17) is 9.47 Å². The van der Waals surface area contributed by atoms with Crippen molar-refractivity contribution in [3.8, 4) is 11.5 Å². The molecule has 5 heteroatoms. The Morgan fingerprint density at radius 3 is 2.68 bits per heavy atom. The predicted molar refractivity (Wildman–Crippen MR) is 71.1 cm³/mol. The molecular formula is C14H15FN2O2. The normalized spacial score (nSPS) is 10.1. The quantitative estimate of drug-likeness (QED) is 0.841. The number of rotatable bonds is 5. The predicted octanol–water partition coefficient (Wildman–Crippen LogP) is 2.85. The number of hydrogen-bond donors (Lipinski definition) is 1. The summed E-state index contributed by atoms with van der Waals surface area (Å²) in [6.07, 6.45) is 1.42. The van der Waals surface area contributed by atoms with Gasteiger partial charge >= 0.3 is 0 Å². The summed E-state index contributed by atoms with van der Waals surface area (Å²) in [4.78, 5) is 3.50. The van der Waals surface area contributed by atoms with Gasteiger partial charge in [-0.15, -0.1) is 0 Å². The number of nitrogens with zero attached hydrogens (tertiary/aromatic N) is 1. The van der Waals surface area contributed by atoms with Gasteiger partial charge in [-0.25, -0.2) is 4.98 Å². The average Bonchev–Trinajstić information content (AvgIpc) is 2.45. The third kappa shape index (κ3) is 3.34. The molecule has 2 aromatic rings. The lowest BCUT2D eigenvalue weighted by molar-refractivity contribution is 0.391. The molecule has 0 atom stereocenters. The molecule has 0 saturated carbocycles. The summed E-state index contributed by atoms with van der Waals surface area (Å²) in [6, 6.07) is 8.62. The van der Waals surface area contributed by atoms with E-state index in [1.807, 2.05) is 18.2 Å². The van der Waals surface area contributed by atoms with Crippen molar-refractivity contribution in [2.45, 2.75) is 6.54 Å². The van der Waals surface area contributed by atoms with Crippen LogP contribution in [0, 0.1) is 5.95 Å². The Labute approximate surface area is 111 Å². The largest absolute Gasteiger partial charge is 0.497 e. The molecule has 0 amide bonds. The van der Waals surface area contributed by atoms with Crippen LogP contribution < -0.4 is 14.8 Å². The van der Waals surface area contributed by atoms with Crippen molar-refractivity contribution in [3.05, 3.63) is 48.0 Å². The van der Waals surface area contributed by atoms with Crippen molar-refractivity contribution in [1.29, 1.82) is 0 Å². The fourth-order valence-corrected chi connectivity index (χ4v) is 1.71. The van der Waals surface area contributed by atoms with E-state index in [0.717, 1.165) is 17.1 Å². The standard InChI is InChI=1S/C14H15FN2O2/c1-18-12-4-3-10(13(8-12)19-2)9-17-11-5-6-16-14(15)7-11/h3-8H,9H2,1-2H3,(H,16,17). The van der Waals surface area contributed by atoms with Crippen LogP contribution in [-0.2, 0) is 6.54 Å². The SMILES string of the molecule is COc1ccc(CNc2ccnc(F)c2)c(OC)c1. The van der Waals surface area contributed by atoms with Crippen molar-refractivity contribution in [2.75, 3.05) is 19.5 Å². The zero-order chi connectivity index (χ0) is 13.7. The zero-order valence-electron chi connectivity index (χ0n) is 10.8. The molecule has 100 valence electrons. The number of anilines is 1. The maximum atomic E-state index is 12.9. The monoisotopic (exact) mass is 262 g/mol. The first-order chi connectivity index (χ1) is 9.22. The molecule has 0 saturated heterocycles. The molecule has 2 rings (SSSR count). The minimum atomic E-state index is -0.508. The van der Waals surface area contributed by atoms with Crippen molar-refractivity contribution in [3.63, 3.8) is 0 Å². The van der Waals surface area contributed by atoms with Crippen LogP contribution in [0.3, 0.4) is 0 Å². The number of halogens is 1. The fraction of sp³-hybridized carbons (Fsp3) is 0.214. The number of ether oxygens (including phenoxy) is 2. The fourth-order valence-electron chi connectivity index (χ4n) is 1.71. The summed E-state index contributed by atoms with van der Waals surface area (Å²) < 4.78 is 23.4. The van der Waals surface area contributed by atoms with Gasteiger partial charge in [0.15, 0.2) is 0 Å². The summed E-state index contributed by atoms with van der Waals surface area (Å²) in [5.74, 6) is 0.948. The van der Waals surface area contributed by atoms with Crippen LogP contribution in [0.15, 0.2) is 36.5 Å². The molecule has 0 bridgehead atoms. The van der Waals surface area contributed by atoms with E-state index in [9.17, 15) is 4.39 Å². The van der Waals surface area contributed by atoms with E-state index in [0.29, 0.717) is 12.2 Å². The van der Waals surface area contributed by atoms with Crippen molar-refractivity contribution in [2.24, 2.45) is 0 Å². The molecule has 0 radical (unpaired) electrons. The Morgan fingerprint density at radius 2 is 2.00 bits per heavy atom. The zero-order valence-corrected chi connectivity index (χ0v) is 10.8. The summed E-state index contributed by atoms with van der Waals surface area (Å²) in [5.41, 5.74) is 1.63. The van der Waals surface area contributed by atoms with Crippen LogP contribution in [0.1, 0.15) is 5.56 Å². The molecule has 0 aliphatic carbocycles. The molecule has 1 aromatic carbocycles. The van der Waals surface area contributed by atoms with Gasteiger partial charge in [-0.3, -0.25) is 0 Å². The van der Waals surface area contributed by atoms with Gasteiger partial charge in [-0.05, 0) is 18.2 Å². The summed E-state index contributed by atoms with van der Waals surface area (Å²) in [6.45, 7) is 0.524. The Morgan fingerprint density at radius 1 is 1.16 bits per heavy atom. The number of benzene rings is 1. The van der Waals surface area contributed by atoms with Gasteiger partial charge in [0.05, 0.1) is 14.2 Å². The van der Waals surface area contributed by atoms with Crippen LogP contribution in [0.4, 0.5) is 10.1 Å². The lowest BCUT2D eigenvalue weighted by Crippen LogP contribution is -2.02. The van der Waals surface area contributed by atoms with Crippen LogP contribution in [0.25, 0.3) is 0 Å². The second kappa shape index (κ2) is 6.04. The highest BCUT2D eigenvalue weighted by Crippen LogP contribution is 2.25. The molecule has 19 heavy (non-hydrogen) atoms. The van der Waals surface area contributed by atoms with E-state index in [-0.39, 0.29) is 0 Å². The number of nitrogens with one attached hydrogen (secondary N) is 1. The maximum Gasteiger partial charge on any atom is 0.214 e. The highest BCUT2D eigenvalue weighted by Gasteiger charge is 2.05. The van der Waals surface area contributed by atoms with Gasteiger partial charge in [0, 0.05) is 36.1 Å². The molecule has 1 heterocycles. The molecule has 0 aliphatic rings. The number of methoxy groups -OCH3 is 2. The van der Waals surface area contributed by atoms with Gasteiger partial charge in [-0.2, -0.15) is 4.39 Å². The average molecular weight is 262 g/mol. The maximum absolute atomic E-state index is 12.9.